The summed E-state index contributed by atoms with van der Waals surface area (Å²) in [5, 5.41) is 25.9. The molecular weight excluding hydrogens is 781 g/mol. The molecule has 2 saturated heterocycles. The average molecular weight is 823 g/mol. The number of urea groups is 1. The zero-order valence-corrected chi connectivity index (χ0v) is 32.9. The molecule has 4 rings (SSSR count). The van der Waals surface area contributed by atoms with Crippen LogP contribution < -0.4 is 9.03 Å². The van der Waals surface area contributed by atoms with Crippen molar-refractivity contribution >= 4 is 68.0 Å². The summed E-state index contributed by atoms with van der Waals surface area (Å²) < 4.78 is 64.9. The molecule has 0 aromatic heterocycles. The molecule has 2 aromatic rings. The van der Waals surface area contributed by atoms with Crippen LogP contribution in [0.2, 0.25) is 0 Å². The fourth-order valence-corrected chi connectivity index (χ4v) is 7.40. The van der Waals surface area contributed by atoms with E-state index in [1.165, 1.54) is 72.7 Å². The largest absolute Gasteiger partial charge is 0.385 e. The number of ether oxygens (including phenoxy) is 2. The molecule has 22 nitrogen and oxygen atoms in total. The number of aliphatic hydroxyl groups is 1. The van der Waals surface area contributed by atoms with E-state index in [9.17, 15) is 46.3 Å². The normalized spacial score (nSPS) is 19.3. The third kappa shape index (κ3) is 9.46. The SMILES string of the molecule is COCCCNS(=O)(=O)c1cc(N=NC2C(=O)N(C)C(O)N(C)C2=O)ccc1-c1ccc(N=NC2C(=O)N(C)C(=O)N(C)C2=O)cc1N(CCCOC)S(=O)O. The van der Waals surface area contributed by atoms with Crippen LogP contribution in [0.1, 0.15) is 12.8 Å². The number of barbiturate groups is 1. The highest BCUT2D eigenvalue weighted by Crippen LogP contribution is 2.40. The Bertz CT molecular complexity index is 2000. The van der Waals surface area contributed by atoms with Gasteiger partial charge >= 0.3 is 6.03 Å². The van der Waals surface area contributed by atoms with Crippen LogP contribution in [0.15, 0.2) is 61.8 Å². The van der Waals surface area contributed by atoms with Crippen molar-refractivity contribution in [3.8, 4) is 11.1 Å². The van der Waals surface area contributed by atoms with Gasteiger partial charge in [0.05, 0.1) is 22.0 Å². The van der Waals surface area contributed by atoms with Crippen LogP contribution in [0.25, 0.3) is 11.1 Å². The van der Waals surface area contributed by atoms with Crippen molar-refractivity contribution < 1.29 is 55.7 Å². The van der Waals surface area contributed by atoms with E-state index in [0.29, 0.717) is 16.2 Å². The predicted octanol–water partition coefficient (Wildman–Crippen LogP) is 0.809. The van der Waals surface area contributed by atoms with Crippen LogP contribution >= 0.6 is 0 Å². The molecule has 2 aliphatic heterocycles. The van der Waals surface area contributed by atoms with Gasteiger partial charge in [0.25, 0.3) is 34.9 Å². The summed E-state index contributed by atoms with van der Waals surface area (Å²) in [5.41, 5.74) is -0.00151. The Hall–Kier alpha value is -5.11. The molecule has 6 amide bonds. The molecular formula is C32H42N10O12S2. The van der Waals surface area contributed by atoms with Gasteiger partial charge in [-0.05, 0) is 37.1 Å². The van der Waals surface area contributed by atoms with Crippen molar-refractivity contribution in [2.45, 2.75) is 36.2 Å². The standard InChI is InChI=1S/C32H42N10O12S2/c1-38-27(43)25(28(44)39(2)31(38)47)36-34-19-9-11-21(23(17-19)42(55(49)50)14-8-16-54-6)22-12-10-20(18-24(22)56(51,52)33-13-7-15-53-5)35-37-26-29(45)40(3)32(48)41(4)30(26)46/h9-12,17-18,25-26,32-33,48H,7-8,13-16H2,1-6H3,(H,49,50). The lowest BCUT2D eigenvalue weighted by atomic mass is 10.0. The first-order chi connectivity index (χ1) is 26.5. The quantitative estimate of drug-likeness (QED) is 0.0866. The van der Waals surface area contributed by atoms with Crippen molar-refractivity contribution in [2.75, 3.05) is 73.0 Å². The molecule has 2 heterocycles. The van der Waals surface area contributed by atoms with Gasteiger partial charge in [-0.1, -0.05) is 12.1 Å². The lowest BCUT2D eigenvalue weighted by Crippen LogP contribution is -2.61. The number of anilines is 1. The maximum atomic E-state index is 13.9. The van der Waals surface area contributed by atoms with E-state index >= 15 is 0 Å². The first-order valence-corrected chi connectivity index (χ1v) is 19.3. The second kappa shape index (κ2) is 18.7. The summed E-state index contributed by atoms with van der Waals surface area (Å²) in [4.78, 5) is 66.0. The molecule has 1 unspecified atom stereocenters. The summed E-state index contributed by atoms with van der Waals surface area (Å²) >= 11 is -2.70. The fraction of sp³-hybridized carbons (Fsp3) is 0.469. The topological polar surface area (TPSA) is 273 Å². The van der Waals surface area contributed by atoms with Crippen molar-refractivity contribution in [1.82, 2.24) is 24.3 Å². The average Bonchev–Trinajstić information content (AvgIpc) is 3.18. The molecule has 0 bridgehead atoms. The molecule has 24 heteroatoms. The zero-order chi connectivity index (χ0) is 41.5. The molecule has 2 aliphatic rings. The number of carbonyl (C=O) groups excluding carboxylic acids is 5. The number of benzene rings is 2. The number of aliphatic hydroxyl groups excluding tert-OH is 1. The second-order valence-electron chi connectivity index (χ2n) is 12.4. The minimum absolute atomic E-state index is 0.00989. The van der Waals surface area contributed by atoms with Gasteiger partial charge in [-0.25, -0.2) is 22.1 Å². The van der Waals surface area contributed by atoms with Crippen molar-refractivity contribution in [3.05, 3.63) is 36.4 Å². The van der Waals surface area contributed by atoms with Gasteiger partial charge in [-0.15, -0.1) is 0 Å². The third-order valence-electron chi connectivity index (χ3n) is 8.65. The molecule has 0 radical (unpaired) electrons. The molecule has 304 valence electrons. The Labute approximate surface area is 324 Å². The summed E-state index contributed by atoms with van der Waals surface area (Å²) in [5.74, 6) is -3.53. The lowest BCUT2D eigenvalue weighted by molar-refractivity contribution is -0.177. The Morgan fingerprint density at radius 1 is 0.786 bits per heavy atom. The number of sulfonamides is 1. The number of nitrogens with one attached hydrogen (secondary N) is 1. The number of imide groups is 2. The Morgan fingerprint density at radius 2 is 1.29 bits per heavy atom. The Kier molecular flexibility index (Phi) is 14.6. The summed E-state index contributed by atoms with van der Waals surface area (Å²) in [6, 6.07) is 3.69. The first kappa shape index (κ1) is 43.6. The van der Waals surface area contributed by atoms with Gasteiger partial charge in [-0.3, -0.25) is 37.8 Å². The van der Waals surface area contributed by atoms with Crippen molar-refractivity contribution in [3.63, 3.8) is 0 Å². The van der Waals surface area contributed by atoms with Crippen LogP contribution in [-0.2, 0) is 49.9 Å². The fourth-order valence-electron chi connectivity index (χ4n) is 5.48. The lowest BCUT2D eigenvalue weighted by Gasteiger charge is -2.37. The second-order valence-corrected chi connectivity index (χ2v) is 15.0. The van der Waals surface area contributed by atoms with E-state index in [1.807, 2.05) is 0 Å². The Morgan fingerprint density at radius 3 is 1.82 bits per heavy atom. The van der Waals surface area contributed by atoms with Gasteiger partial charge in [0.15, 0.2) is 0 Å². The van der Waals surface area contributed by atoms with Gasteiger partial charge < -0.3 is 24.4 Å². The minimum atomic E-state index is -4.40. The van der Waals surface area contributed by atoms with E-state index in [-0.39, 0.29) is 65.8 Å². The highest BCUT2D eigenvalue weighted by molar-refractivity contribution is 7.89. The summed E-state index contributed by atoms with van der Waals surface area (Å²) in [6.07, 6.45) is -0.967. The monoisotopic (exact) mass is 822 g/mol. The van der Waals surface area contributed by atoms with E-state index in [2.05, 4.69) is 25.2 Å². The smallest absolute Gasteiger partial charge is 0.333 e. The number of azo groups is 2. The number of carbonyl (C=O) groups is 5. The molecule has 1 atom stereocenters. The maximum Gasteiger partial charge on any atom is 0.333 e. The number of rotatable bonds is 17. The number of nitrogens with zero attached hydrogens (tertiary/aromatic N) is 9. The Balaban J connectivity index is 1.87. The predicted molar refractivity (Wildman–Crippen MR) is 197 cm³/mol. The van der Waals surface area contributed by atoms with Gasteiger partial charge in [0.1, 0.15) is 0 Å². The van der Waals surface area contributed by atoms with Crippen LogP contribution in [-0.4, -0.2) is 159 Å². The van der Waals surface area contributed by atoms with E-state index < -0.39 is 69.4 Å². The van der Waals surface area contributed by atoms with Crippen LogP contribution in [0.5, 0.6) is 0 Å². The number of amides is 6. The molecule has 2 fully saturated rings. The number of hydrogen-bond donors (Lipinski definition) is 3. The van der Waals surface area contributed by atoms with E-state index in [4.69, 9.17) is 9.47 Å². The molecule has 3 N–H and O–H groups in total. The van der Waals surface area contributed by atoms with Crippen LogP contribution in [0.3, 0.4) is 0 Å². The van der Waals surface area contributed by atoms with Crippen molar-refractivity contribution in [2.24, 2.45) is 20.5 Å². The maximum absolute atomic E-state index is 13.9. The van der Waals surface area contributed by atoms with Crippen molar-refractivity contribution in [1.29, 1.82) is 0 Å². The minimum Gasteiger partial charge on any atom is -0.385 e. The summed E-state index contributed by atoms with van der Waals surface area (Å²) in [6.45, 7) is 0.310. The molecule has 0 spiro atoms. The number of likely N-dealkylation sites (N-methyl/N-ethyl adjacent to an activating group) is 4. The zero-order valence-electron chi connectivity index (χ0n) is 31.3. The van der Waals surface area contributed by atoms with Gasteiger partial charge in [0.2, 0.25) is 28.5 Å². The van der Waals surface area contributed by atoms with E-state index in [0.717, 1.165) is 20.2 Å². The molecule has 56 heavy (non-hydrogen) atoms. The summed E-state index contributed by atoms with van der Waals surface area (Å²) in [7, 11) is 3.39. The molecule has 0 saturated carbocycles. The van der Waals surface area contributed by atoms with Gasteiger partial charge in [0, 0.05) is 79.8 Å². The number of methoxy groups -OCH3 is 2. The third-order valence-corrected chi connectivity index (χ3v) is 10.9. The molecule has 2 aromatic carbocycles. The van der Waals surface area contributed by atoms with E-state index in [1.54, 1.807) is 0 Å². The van der Waals surface area contributed by atoms with Crippen LogP contribution in [0, 0.1) is 0 Å². The molecule has 0 aliphatic carbocycles. The first-order valence-electron chi connectivity index (χ1n) is 16.7. The number of hydrogen-bond acceptors (Lipinski definition) is 15. The highest BCUT2D eigenvalue weighted by atomic mass is 32.2. The van der Waals surface area contributed by atoms with Gasteiger partial charge in [-0.2, -0.15) is 20.5 Å². The highest BCUT2D eigenvalue weighted by Gasteiger charge is 2.44. The van der Waals surface area contributed by atoms with Crippen LogP contribution in [0.4, 0.5) is 21.9 Å².